The van der Waals surface area contributed by atoms with Crippen molar-refractivity contribution in [3.8, 4) is 17.0 Å². The number of nitrogens with two attached hydrogens (primary N) is 1. The fourth-order valence-electron chi connectivity index (χ4n) is 3.93. The Kier molecular flexibility index (Phi) is 7.73. The summed E-state index contributed by atoms with van der Waals surface area (Å²) in [6.45, 7) is 0.215. The molecule has 1 aromatic carbocycles. The topological polar surface area (TPSA) is 132 Å². The van der Waals surface area contributed by atoms with Gasteiger partial charge in [0.05, 0.1) is 25.3 Å². The highest BCUT2D eigenvalue weighted by Crippen LogP contribution is 2.42. The predicted molar refractivity (Wildman–Crippen MR) is 131 cm³/mol. The van der Waals surface area contributed by atoms with Crippen molar-refractivity contribution in [3.05, 3.63) is 83.4 Å². The number of alkyl halides is 3. The van der Waals surface area contributed by atoms with E-state index in [1.165, 1.54) is 22.6 Å². The van der Waals surface area contributed by atoms with Crippen LogP contribution in [0.5, 0.6) is 5.75 Å². The van der Waals surface area contributed by atoms with Gasteiger partial charge < -0.3 is 25.3 Å². The Morgan fingerprint density at radius 1 is 1.05 bits per heavy atom. The minimum Gasteiger partial charge on any atom is -0.491 e. The van der Waals surface area contributed by atoms with E-state index >= 15 is 0 Å². The molecule has 0 bridgehead atoms. The molecule has 40 heavy (non-hydrogen) atoms. The maximum absolute atomic E-state index is 14.4. The minimum atomic E-state index is -5.38. The molecule has 3 heterocycles. The molecule has 0 aliphatic carbocycles. The number of ether oxygens (including phenoxy) is 1. The number of halogens is 5. The zero-order valence-corrected chi connectivity index (χ0v) is 20.8. The van der Waals surface area contributed by atoms with Crippen LogP contribution < -0.4 is 15.8 Å². The highest BCUT2D eigenvalue weighted by molar-refractivity contribution is 5.93. The van der Waals surface area contributed by atoms with E-state index in [1.54, 1.807) is 6.92 Å². The molecule has 0 fully saturated rings. The molecule has 4 aromatic rings. The van der Waals surface area contributed by atoms with Crippen LogP contribution in [0.2, 0.25) is 0 Å². The molecular weight excluding hydrogens is 541 g/mol. The second-order valence-corrected chi connectivity index (χ2v) is 8.71. The summed E-state index contributed by atoms with van der Waals surface area (Å²) in [7, 11) is 0. The molecule has 210 valence electrons. The molecule has 0 aliphatic heterocycles. The molecule has 4 rings (SSSR count). The highest BCUT2D eigenvalue weighted by atomic mass is 19.4. The Morgan fingerprint density at radius 2 is 1.73 bits per heavy atom. The monoisotopic (exact) mass is 563 g/mol. The smallest absolute Gasteiger partial charge is 0.424 e. The third-order valence-electron chi connectivity index (χ3n) is 5.87. The van der Waals surface area contributed by atoms with Gasteiger partial charge in [0.15, 0.2) is 0 Å². The third kappa shape index (κ3) is 5.71. The third-order valence-corrected chi connectivity index (χ3v) is 5.87. The van der Waals surface area contributed by atoms with Gasteiger partial charge in [0.2, 0.25) is 11.5 Å². The predicted octanol–water partition coefficient (Wildman–Crippen LogP) is 3.28. The van der Waals surface area contributed by atoms with Gasteiger partial charge in [-0.15, -0.1) is 0 Å². The van der Waals surface area contributed by atoms with Gasteiger partial charge >= 0.3 is 6.18 Å². The normalized spacial score (nSPS) is 13.2. The number of primary amides is 1. The van der Waals surface area contributed by atoms with Gasteiger partial charge in [0.25, 0.3) is 5.91 Å². The van der Waals surface area contributed by atoms with Crippen molar-refractivity contribution in [2.75, 3.05) is 13.2 Å². The van der Waals surface area contributed by atoms with Crippen molar-refractivity contribution in [1.82, 2.24) is 19.7 Å². The number of aromatic nitrogens is 3. The average Bonchev–Trinajstić information content (AvgIpc) is 3.31. The Bertz CT molecular complexity index is 1570. The number of hydrogen-bond donors (Lipinski definition) is 3. The van der Waals surface area contributed by atoms with Crippen LogP contribution in [-0.4, -0.2) is 50.6 Å². The first-order chi connectivity index (χ1) is 18.8. The Morgan fingerprint density at radius 3 is 2.35 bits per heavy atom. The molecule has 0 unspecified atom stereocenters. The van der Waals surface area contributed by atoms with Gasteiger partial charge in [-0.1, -0.05) is 0 Å². The number of rotatable bonds is 9. The second kappa shape index (κ2) is 10.9. The zero-order valence-electron chi connectivity index (χ0n) is 20.8. The van der Waals surface area contributed by atoms with Crippen LogP contribution in [0.3, 0.4) is 0 Å². The lowest BCUT2D eigenvalue weighted by molar-refractivity contribution is -0.265. The lowest BCUT2D eigenvalue weighted by atomic mass is 9.93. The van der Waals surface area contributed by atoms with Crippen LogP contribution in [-0.2, 0) is 16.8 Å². The van der Waals surface area contributed by atoms with Crippen LogP contribution in [0.25, 0.3) is 16.9 Å². The zero-order chi connectivity index (χ0) is 29.2. The number of imidazole rings is 1. The van der Waals surface area contributed by atoms with Crippen LogP contribution in [0.4, 0.5) is 22.0 Å². The van der Waals surface area contributed by atoms with Crippen molar-refractivity contribution >= 4 is 17.5 Å². The Hall–Kier alpha value is -4.59. The van der Waals surface area contributed by atoms with Gasteiger partial charge in [0.1, 0.15) is 34.4 Å². The van der Waals surface area contributed by atoms with Gasteiger partial charge in [-0.3, -0.25) is 9.59 Å². The molecule has 0 saturated carbocycles. The van der Waals surface area contributed by atoms with Crippen LogP contribution >= 0.6 is 0 Å². The number of pyridine rings is 2. The van der Waals surface area contributed by atoms with E-state index in [0.717, 1.165) is 36.7 Å². The van der Waals surface area contributed by atoms with Crippen molar-refractivity contribution in [1.29, 1.82) is 0 Å². The number of fused-ring (bicyclic) bond motifs is 1. The molecule has 4 N–H and O–H groups in total. The average molecular weight is 563 g/mol. The molecule has 0 aliphatic rings. The molecule has 14 heteroatoms. The summed E-state index contributed by atoms with van der Waals surface area (Å²) in [5, 5.41) is 13.0. The van der Waals surface area contributed by atoms with Gasteiger partial charge in [-0.05, 0) is 49.4 Å². The Balaban J connectivity index is 1.79. The van der Waals surface area contributed by atoms with Crippen molar-refractivity contribution < 1.29 is 41.4 Å². The van der Waals surface area contributed by atoms with Crippen molar-refractivity contribution in [3.63, 3.8) is 0 Å². The number of carbonyl (C=O) groups is 2. The van der Waals surface area contributed by atoms with E-state index in [2.05, 4.69) is 9.97 Å². The number of nitrogens with one attached hydrogen (secondary N) is 1. The molecule has 9 nitrogen and oxygen atoms in total. The quantitative estimate of drug-likeness (QED) is 0.268. The fraction of sp³-hybridized carbons (Fsp3) is 0.231. The van der Waals surface area contributed by atoms with Crippen molar-refractivity contribution in [2.24, 2.45) is 5.73 Å². The van der Waals surface area contributed by atoms with Gasteiger partial charge in [-0.2, -0.15) is 13.2 Å². The lowest BCUT2D eigenvalue weighted by Gasteiger charge is -2.31. The summed E-state index contributed by atoms with van der Waals surface area (Å²) in [6, 6.07) is 7.73. The number of carbonyl (C=O) groups excluding carboxylic acids is 2. The minimum absolute atomic E-state index is 0.0312. The van der Waals surface area contributed by atoms with E-state index in [9.17, 15) is 36.6 Å². The first-order valence-corrected chi connectivity index (χ1v) is 11.8. The molecule has 0 spiro atoms. The summed E-state index contributed by atoms with van der Waals surface area (Å²) in [6.07, 6.45) is -3.83. The molecule has 2 amide bonds. The lowest BCUT2D eigenvalue weighted by Crippen LogP contribution is -2.51. The molecule has 0 radical (unpaired) electrons. The van der Waals surface area contributed by atoms with E-state index in [-0.39, 0.29) is 40.5 Å². The van der Waals surface area contributed by atoms with Crippen molar-refractivity contribution in [2.45, 2.75) is 25.1 Å². The van der Waals surface area contributed by atoms with Gasteiger partial charge in [0, 0.05) is 23.5 Å². The number of amides is 2. The summed E-state index contributed by atoms with van der Waals surface area (Å²) in [5.74, 6) is -3.33. The van der Waals surface area contributed by atoms with Crippen LogP contribution in [0.1, 0.15) is 28.7 Å². The standard InChI is InChI=1S/C26H22F5N5O4/c1-2-40-23-15(10-20(32)37)9-19(35-22(23)14-3-5-16(27)6-4-14)25(39,26(29,30)31)13-33-24(38)18-12-36-11-17(28)7-8-21(36)34-18/h3-9,11-12,39H,2,10,13H2,1H3,(H2,32,37)(H,33,38)/t25-/m0/s1. The Labute approximate surface area is 223 Å². The van der Waals surface area contributed by atoms with E-state index in [0.29, 0.717) is 0 Å². The van der Waals surface area contributed by atoms with Crippen LogP contribution in [0, 0.1) is 11.6 Å². The number of aliphatic hydroxyl groups is 1. The van der Waals surface area contributed by atoms with Gasteiger partial charge in [-0.25, -0.2) is 18.7 Å². The summed E-state index contributed by atoms with van der Waals surface area (Å²) in [4.78, 5) is 32.4. The summed E-state index contributed by atoms with van der Waals surface area (Å²) < 4.78 is 77.0. The number of benzene rings is 1. The first-order valence-electron chi connectivity index (χ1n) is 11.8. The molecule has 1 atom stereocenters. The summed E-state index contributed by atoms with van der Waals surface area (Å²) >= 11 is 0. The number of nitrogens with zero attached hydrogens (tertiary/aromatic N) is 3. The van der Waals surface area contributed by atoms with E-state index in [1.807, 2.05) is 5.32 Å². The molecule has 0 saturated heterocycles. The van der Waals surface area contributed by atoms with E-state index in [4.69, 9.17) is 10.5 Å². The molecular formula is C26H22F5N5O4. The first kappa shape index (κ1) is 28.4. The highest BCUT2D eigenvalue weighted by Gasteiger charge is 2.56. The maximum atomic E-state index is 14.4. The maximum Gasteiger partial charge on any atom is 0.424 e. The van der Waals surface area contributed by atoms with Crippen LogP contribution in [0.15, 0.2) is 54.9 Å². The SMILES string of the molecule is CCOc1c(CC(N)=O)cc([C@@](O)(CNC(=O)c2cn3cc(F)ccc3n2)C(F)(F)F)nc1-c1ccc(F)cc1. The second-order valence-electron chi connectivity index (χ2n) is 8.71. The van der Waals surface area contributed by atoms with E-state index < -0.39 is 53.9 Å². The summed E-state index contributed by atoms with van der Waals surface area (Å²) in [5.41, 5.74) is 0.187. The number of hydrogen-bond acceptors (Lipinski definition) is 6. The fourth-order valence-corrected chi connectivity index (χ4v) is 3.93. The largest absolute Gasteiger partial charge is 0.491 e. The molecule has 3 aromatic heterocycles.